The number of piperazine rings is 1. The number of carbonyl (C=O) groups is 3. The first-order chi connectivity index (χ1) is 14.1. The van der Waals surface area contributed by atoms with Gasteiger partial charge in [0.25, 0.3) is 5.91 Å². The maximum atomic E-state index is 12.3. The van der Waals surface area contributed by atoms with Crippen LogP contribution in [0.3, 0.4) is 0 Å². The highest BCUT2D eigenvalue weighted by Gasteiger charge is 2.22. The summed E-state index contributed by atoms with van der Waals surface area (Å²) in [5.74, 6) is -0.884. The van der Waals surface area contributed by atoms with E-state index in [4.69, 9.17) is 4.74 Å². The Balaban J connectivity index is 1.34. The lowest BCUT2D eigenvalue weighted by Crippen LogP contribution is -2.51. The number of amides is 2. The number of Topliss-reactive ketones (excluding diaryl/α,β-unsaturated/α-hetero) is 1. The van der Waals surface area contributed by atoms with E-state index in [1.54, 1.807) is 17.0 Å². The molecular formula is C22H25N3O4. The fourth-order valence-corrected chi connectivity index (χ4v) is 3.11. The molecule has 0 aromatic heterocycles. The van der Waals surface area contributed by atoms with Gasteiger partial charge in [-0.2, -0.15) is 0 Å². The Morgan fingerprint density at radius 1 is 0.862 bits per heavy atom. The van der Waals surface area contributed by atoms with Crippen LogP contribution in [0, 0.1) is 0 Å². The van der Waals surface area contributed by atoms with Gasteiger partial charge in [0.1, 0.15) is 5.75 Å². The molecule has 3 rings (SSSR count). The van der Waals surface area contributed by atoms with Crippen LogP contribution in [0.4, 0.5) is 5.69 Å². The Morgan fingerprint density at radius 2 is 1.48 bits per heavy atom. The zero-order chi connectivity index (χ0) is 20.5. The first-order valence-corrected chi connectivity index (χ1v) is 9.70. The highest BCUT2D eigenvalue weighted by atomic mass is 16.5. The first kappa shape index (κ1) is 20.4. The molecule has 1 aliphatic heterocycles. The van der Waals surface area contributed by atoms with Crippen molar-refractivity contribution >= 4 is 23.3 Å². The van der Waals surface area contributed by atoms with Crippen molar-refractivity contribution in [3.8, 4) is 5.75 Å². The third-order valence-corrected chi connectivity index (χ3v) is 4.75. The molecule has 0 atom stereocenters. The summed E-state index contributed by atoms with van der Waals surface area (Å²) in [5.41, 5.74) is 1.14. The maximum Gasteiger partial charge on any atom is 0.287 e. The van der Waals surface area contributed by atoms with Crippen LogP contribution in [-0.4, -0.2) is 61.8 Å². The summed E-state index contributed by atoms with van der Waals surface area (Å²) in [4.78, 5) is 40.1. The minimum Gasteiger partial charge on any atom is -0.493 e. The summed E-state index contributed by atoms with van der Waals surface area (Å²) in [7, 11) is 0. The molecule has 0 saturated carbocycles. The SMILES string of the molecule is O=C(CCOc1ccccc1)C(=O)NCC(=O)N1CCN(c2ccccc2)CC1. The lowest BCUT2D eigenvalue weighted by atomic mass is 10.2. The molecule has 1 heterocycles. The minimum atomic E-state index is -0.752. The van der Waals surface area contributed by atoms with Gasteiger partial charge < -0.3 is 19.9 Å². The van der Waals surface area contributed by atoms with Crippen LogP contribution in [0.5, 0.6) is 5.75 Å². The van der Waals surface area contributed by atoms with Crippen LogP contribution >= 0.6 is 0 Å². The van der Waals surface area contributed by atoms with Gasteiger partial charge in [-0.05, 0) is 24.3 Å². The number of nitrogens with one attached hydrogen (secondary N) is 1. The Kier molecular flexibility index (Phi) is 7.22. The zero-order valence-electron chi connectivity index (χ0n) is 16.3. The van der Waals surface area contributed by atoms with Crippen LogP contribution in [0.15, 0.2) is 60.7 Å². The smallest absolute Gasteiger partial charge is 0.287 e. The summed E-state index contributed by atoms with van der Waals surface area (Å²) < 4.78 is 5.41. The third kappa shape index (κ3) is 6.07. The van der Waals surface area contributed by atoms with Gasteiger partial charge in [-0.25, -0.2) is 0 Å². The fourth-order valence-electron chi connectivity index (χ4n) is 3.11. The lowest BCUT2D eigenvalue weighted by molar-refractivity contribution is -0.139. The van der Waals surface area contributed by atoms with Gasteiger partial charge in [0.15, 0.2) is 0 Å². The number of ether oxygens (including phenoxy) is 1. The highest BCUT2D eigenvalue weighted by Crippen LogP contribution is 2.15. The Hall–Kier alpha value is -3.35. The Bertz CT molecular complexity index is 818. The quantitative estimate of drug-likeness (QED) is 0.685. The number of benzene rings is 2. The molecule has 152 valence electrons. The van der Waals surface area contributed by atoms with E-state index >= 15 is 0 Å². The molecule has 7 heteroatoms. The van der Waals surface area contributed by atoms with Crippen molar-refractivity contribution < 1.29 is 19.1 Å². The number of carbonyl (C=O) groups excluding carboxylic acids is 3. The molecule has 2 aromatic carbocycles. The van der Waals surface area contributed by atoms with Crippen LogP contribution in [0.1, 0.15) is 6.42 Å². The number of hydrogen-bond acceptors (Lipinski definition) is 5. The van der Waals surface area contributed by atoms with Crippen LogP contribution in [-0.2, 0) is 14.4 Å². The van der Waals surface area contributed by atoms with E-state index in [0.717, 1.165) is 18.8 Å². The molecule has 2 amide bonds. The third-order valence-electron chi connectivity index (χ3n) is 4.75. The normalized spacial score (nSPS) is 13.7. The molecule has 7 nitrogen and oxygen atoms in total. The van der Waals surface area contributed by atoms with Crippen molar-refractivity contribution in [3.05, 3.63) is 60.7 Å². The van der Waals surface area contributed by atoms with Gasteiger partial charge in [-0.1, -0.05) is 36.4 Å². The summed E-state index contributed by atoms with van der Waals surface area (Å²) in [6.07, 6.45) is -0.0370. The van der Waals surface area contributed by atoms with Crippen molar-refractivity contribution in [1.29, 1.82) is 0 Å². The number of ketones is 1. The number of para-hydroxylation sites is 2. The summed E-state index contributed by atoms with van der Waals surface area (Å²) >= 11 is 0. The van der Waals surface area contributed by atoms with Crippen molar-refractivity contribution in [3.63, 3.8) is 0 Å². The first-order valence-electron chi connectivity index (χ1n) is 9.70. The van der Waals surface area contributed by atoms with E-state index in [0.29, 0.717) is 18.8 Å². The Labute approximate surface area is 170 Å². The topological polar surface area (TPSA) is 78.9 Å². The number of rotatable bonds is 8. The van der Waals surface area contributed by atoms with E-state index < -0.39 is 11.7 Å². The fraction of sp³-hybridized carbons (Fsp3) is 0.318. The molecule has 0 spiro atoms. The average Bonchev–Trinajstić information content (AvgIpc) is 2.78. The molecule has 1 fully saturated rings. The van der Waals surface area contributed by atoms with E-state index in [1.807, 2.05) is 48.5 Å². The Morgan fingerprint density at radius 3 is 2.14 bits per heavy atom. The van der Waals surface area contributed by atoms with Gasteiger partial charge in [-0.15, -0.1) is 0 Å². The van der Waals surface area contributed by atoms with E-state index in [9.17, 15) is 14.4 Å². The molecule has 0 unspecified atom stereocenters. The molecule has 1 saturated heterocycles. The van der Waals surface area contributed by atoms with Crippen molar-refractivity contribution in [2.75, 3.05) is 44.2 Å². The minimum absolute atomic E-state index is 0.0370. The maximum absolute atomic E-state index is 12.3. The van der Waals surface area contributed by atoms with E-state index in [1.165, 1.54) is 0 Å². The monoisotopic (exact) mass is 395 g/mol. The number of anilines is 1. The molecule has 29 heavy (non-hydrogen) atoms. The summed E-state index contributed by atoms with van der Waals surface area (Å²) in [6.45, 7) is 2.59. The second-order valence-corrected chi connectivity index (χ2v) is 6.72. The summed E-state index contributed by atoms with van der Waals surface area (Å²) in [5, 5.41) is 2.42. The molecule has 0 radical (unpaired) electrons. The predicted molar refractivity (Wildman–Crippen MR) is 110 cm³/mol. The van der Waals surface area contributed by atoms with Crippen LogP contribution in [0.2, 0.25) is 0 Å². The van der Waals surface area contributed by atoms with E-state index in [-0.39, 0.29) is 25.5 Å². The predicted octanol–water partition coefficient (Wildman–Crippen LogP) is 1.49. The number of hydrogen-bond donors (Lipinski definition) is 1. The van der Waals surface area contributed by atoms with Gasteiger partial charge >= 0.3 is 0 Å². The van der Waals surface area contributed by atoms with Gasteiger partial charge in [0.2, 0.25) is 11.7 Å². The molecule has 0 bridgehead atoms. The average molecular weight is 395 g/mol. The second-order valence-electron chi connectivity index (χ2n) is 6.72. The lowest BCUT2D eigenvalue weighted by Gasteiger charge is -2.36. The number of nitrogens with zero attached hydrogens (tertiary/aromatic N) is 2. The molecule has 1 aliphatic rings. The van der Waals surface area contributed by atoms with Crippen LogP contribution < -0.4 is 15.0 Å². The molecule has 0 aliphatic carbocycles. The van der Waals surface area contributed by atoms with Gasteiger partial charge in [0, 0.05) is 31.9 Å². The second kappa shape index (κ2) is 10.3. The molecule has 1 N–H and O–H groups in total. The molecular weight excluding hydrogens is 370 g/mol. The van der Waals surface area contributed by atoms with Crippen molar-refractivity contribution in [2.45, 2.75) is 6.42 Å². The van der Waals surface area contributed by atoms with E-state index in [2.05, 4.69) is 10.2 Å². The summed E-state index contributed by atoms with van der Waals surface area (Å²) in [6, 6.07) is 19.1. The zero-order valence-corrected chi connectivity index (χ0v) is 16.3. The van der Waals surface area contributed by atoms with Crippen LogP contribution in [0.25, 0.3) is 0 Å². The van der Waals surface area contributed by atoms with Crippen molar-refractivity contribution in [1.82, 2.24) is 10.2 Å². The largest absolute Gasteiger partial charge is 0.493 e. The van der Waals surface area contributed by atoms with Crippen molar-refractivity contribution in [2.24, 2.45) is 0 Å². The standard InChI is InChI=1S/C22H25N3O4/c26-20(11-16-29-19-9-5-2-6-10-19)22(28)23-17-21(27)25-14-12-24(13-15-25)18-7-3-1-4-8-18/h1-10H,11-17H2,(H,23,28). The molecule has 2 aromatic rings. The van der Waals surface area contributed by atoms with Gasteiger partial charge in [0.05, 0.1) is 19.6 Å². The van der Waals surface area contributed by atoms with Gasteiger partial charge in [-0.3, -0.25) is 14.4 Å². The highest BCUT2D eigenvalue weighted by molar-refractivity contribution is 6.36.